The van der Waals surface area contributed by atoms with Gasteiger partial charge in [0.25, 0.3) is 0 Å². The van der Waals surface area contributed by atoms with Crippen LogP contribution in [-0.2, 0) is 9.59 Å². The van der Waals surface area contributed by atoms with Crippen molar-refractivity contribution in [2.75, 3.05) is 0 Å². The van der Waals surface area contributed by atoms with Crippen molar-refractivity contribution in [1.29, 1.82) is 0 Å². The van der Waals surface area contributed by atoms with E-state index in [1.807, 2.05) is 22.6 Å². The molecule has 1 unspecified atom stereocenters. The van der Waals surface area contributed by atoms with Gasteiger partial charge in [0.15, 0.2) is 9.71 Å². The fourth-order valence-electron chi connectivity index (χ4n) is 0.869. The third-order valence-electron chi connectivity index (χ3n) is 1.51. The molecule has 56 valence electrons. The Kier molecular flexibility index (Phi) is 1.74. The first-order valence-corrected chi connectivity index (χ1v) is 4.20. The minimum Gasteiger partial charge on any atom is -0.343 e. The summed E-state index contributed by atoms with van der Waals surface area (Å²) >= 11 is 1.85. The van der Waals surface area contributed by atoms with Gasteiger partial charge in [0.05, 0.1) is 5.54 Å². The first-order chi connectivity index (χ1) is 4.45. The second-order valence-corrected chi connectivity index (χ2v) is 4.09. The highest BCUT2D eigenvalue weighted by Crippen LogP contribution is 2.20. The molecule has 1 N–H and O–H groups in total. The molecule has 1 heterocycles. The van der Waals surface area contributed by atoms with Gasteiger partial charge >= 0.3 is 0 Å². The highest BCUT2D eigenvalue weighted by molar-refractivity contribution is 14.1. The van der Waals surface area contributed by atoms with E-state index in [4.69, 9.17) is 0 Å². The normalized spacial score (nSPS) is 30.5. The van der Waals surface area contributed by atoms with E-state index < -0.39 is 9.46 Å². The molecule has 0 aliphatic carbocycles. The monoisotopic (exact) mass is 253 g/mol. The van der Waals surface area contributed by atoms with Crippen LogP contribution in [0.25, 0.3) is 0 Å². The Morgan fingerprint density at radius 2 is 2.00 bits per heavy atom. The van der Waals surface area contributed by atoms with Gasteiger partial charge in [0.2, 0.25) is 5.91 Å². The van der Waals surface area contributed by atoms with E-state index in [0.29, 0.717) is 0 Å². The molecule has 10 heavy (non-hydrogen) atoms. The topological polar surface area (TPSA) is 46.2 Å². The molecular formula is C6H8INO2. The van der Waals surface area contributed by atoms with Gasteiger partial charge in [0, 0.05) is 0 Å². The van der Waals surface area contributed by atoms with Crippen molar-refractivity contribution in [3.63, 3.8) is 0 Å². The summed E-state index contributed by atoms with van der Waals surface area (Å²) in [4.78, 5) is 22.0. The largest absolute Gasteiger partial charge is 0.343 e. The van der Waals surface area contributed by atoms with E-state index in [9.17, 15) is 9.59 Å². The van der Waals surface area contributed by atoms with Crippen LogP contribution >= 0.6 is 22.6 Å². The highest BCUT2D eigenvalue weighted by atomic mass is 127. The molecule has 1 saturated heterocycles. The Morgan fingerprint density at radius 3 is 2.10 bits per heavy atom. The number of ketones is 1. The first kappa shape index (κ1) is 7.97. The Labute approximate surface area is 72.7 Å². The van der Waals surface area contributed by atoms with Gasteiger partial charge in [-0.1, -0.05) is 22.6 Å². The minimum absolute atomic E-state index is 0.0295. The summed E-state index contributed by atoms with van der Waals surface area (Å²) in [6.45, 7) is 3.43. The summed E-state index contributed by atoms with van der Waals surface area (Å²) in [5, 5.41) is 2.60. The molecular weight excluding hydrogens is 245 g/mol. The van der Waals surface area contributed by atoms with Gasteiger partial charge in [-0.2, -0.15) is 0 Å². The molecule has 4 heteroatoms. The van der Waals surface area contributed by atoms with Gasteiger partial charge in [-0.3, -0.25) is 9.59 Å². The molecule has 0 bridgehead atoms. The summed E-state index contributed by atoms with van der Waals surface area (Å²) < 4.78 is -0.493. The van der Waals surface area contributed by atoms with Crippen LogP contribution in [0.4, 0.5) is 0 Å². The molecule has 1 aliphatic rings. The zero-order chi connectivity index (χ0) is 7.94. The van der Waals surface area contributed by atoms with Crippen LogP contribution in [0.1, 0.15) is 13.8 Å². The Hall–Kier alpha value is -0.130. The number of rotatable bonds is 0. The fraction of sp³-hybridized carbons (Fsp3) is 0.667. The van der Waals surface area contributed by atoms with Crippen molar-refractivity contribution in [2.24, 2.45) is 0 Å². The molecule has 1 rings (SSSR count). The van der Waals surface area contributed by atoms with E-state index in [-0.39, 0.29) is 11.7 Å². The number of nitrogens with one attached hydrogen (secondary N) is 1. The van der Waals surface area contributed by atoms with Crippen LogP contribution in [0.15, 0.2) is 0 Å². The second kappa shape index (κ2) is 2.18. The lowest BCUT2D eigenvalue weighted by molar-refractivity contribution is -0.121. The standard InChI is InChI=1S/C6H8INO2/c1-6(2)4(9)3(7)5(10)8-6/h3H,1-2H3,(H,8,10). The predicted molar refractivity (Wildman–Crippen MR) is 45.0 cm³/mol. The Morgan fingerprint density at radius 1 is 1.50 bits per heavy atom. The number of halogens is 1. The van der Waals surface area contributed by atoms with Gasteiger partial charge in [0.1, 0.15) is 0 Å². The Balaban J connectivity index is 2.92. The van der Waals surface area contributed by atoms with Crippen molar-refractivity contribution in [1.82, 2.24) is 5.32 Å². The van der Waals surface area contributed by atoms with Gasteiger partial charge < -0.3 is 5.32 Å². The summed E-state index contributed by atoms with van der Waals surface area (Å²) in [6, 6.07) is 0. The Bertz CT molecular complexity index is 200. The zero-order valence-electron chi connectivity index (χ0n) is 5.77. The lowest BCUT2D eigenvalue weighted by Crippen LogP contribution is -2.39. The number of hydrogen-bond donors (Lipinski definition) is 1. The number of alkyl halides is 1. The fourth-order valence-corrected chi connectivity index (χ4v) is 1.80. The number of Topliss-reactive ketones (excluding diaryl/α,β-unsaturated/α-hetero) is 1. The van der Waals surface area contributed by atoms with Gasteiger partial charge in [-0.05, 0) is 13.8 Å². The van der Waals surface area contributed by atoms with Crippen LogP contribution < -0.4 is 5.32 Å². The van der Waals surface area contributed by atoms with E-state index in [2.05, 4.69) is 5.32 Å². The third kappa shape index (κ3) is 1.04. The van der Waals surface area contributed by atoms with Crippen molar-refractivity contribution in [3.8, 4) is 0 Å². The zero-order valence-corrected chi connectivity index (χ0v) is 7.93. The number of carbonyl (C=O) groups excluding carboxylic acids is 2. The molecule has 1 fully saturated rings. The van der Waals surface area contributed by atoms with Crippen molar-refractivity contribution in [2.45, 2.75) is 23.3 Å². The highest BCUT2D eigenvalue weighted by Gasteiger charge is 2.44. The van der Waals surface area contributed by atoms with Crippen molar-refractivity contribution < 1.29 is 9.59 Å². The van der Waals surface area contributed by atoms with Crippen molar-refractivity contribution in [3.05, 3.63) is 0 Å². The van der Waals surface area contributed by atoms with E-state index in [1.54, 1.807) is 13.8 Å². The van der Waals surface area contributed by atoms with E-state index >= 15 is 0 Å². The first-order valence-electron chi connectivity index (χ1n) is 2.95. The van der Waals surface area contributed by atoms with E-state index in [1.165, 1.54) is 0 Å². The quantitative estimate of drug-likeness (QED) is 0.382. The van der Waals surface area contributed by atoms with Crippen LogP contribution in [0, 0.1) is 0 Å². The third-order valence-corrected chi connectivity index (χ3v) is 2.64. The van der Waals surface area contributed by atoms with Gasteiger partial charge in [-0.25, -0.2) is 0 Å². The SMILES string of the molecule is CC1(C)NC(=O)C(I)C1=O. The van der Waals surface area contributed by atoms with Crippen LogP contribution in [0.2, 0.25) is 0 Å². The minimum atomic E-state index is -0.650. The molecule has 1 atom stereocenters. The lowest BCUT2D eigenvalue weighted by Gasteiger charge is -2.13. The molecule has 0 aromatic heterocycles. The summed E-state index contributed by atoms with van der Waals surface area (Å²) in [6.07, 6.45) is 0. The molecule has 1 amide bonds. The van der Waals surface area contributed by atoms with Crippen LogP contribution in [0.3, 0.4) is 0 Å². The predicted octanol–water partition coefficient (Wildman–Crippen LogP) is 0.267. The molecule has 0 radical (unpaired) electrons. The maximum Gasteiger partial charge on any atom is 0.241 e. The van der Waals surface area contributed by atoms with Crippen LogP contribution in [0.5, 0.6) is 0 Å². The van der Waals surface area contributed by atoms with Gasteiger partial charge in [-0.15, -0.1) is 0 Å². The molecule has 0 aromatic rings. The molecule has 0 aromatic carbocycles. The molecule has 3 nitrogen and oxygen atoms in total. The lowest BCUT2D eigenvalue weighted by atomic mass is 10.0. The maximum atomic E-state index is 11.1. The molecule has 1 aliphatic heterocycles. The van der Waals surface area contributed by atoms with Crippen LogP contribution in [-0.4, -0.2) is 21.2 Å². The van der Waals surface area contributed by atoms with Crippen molar-refractivity contribution >= 4 is 34.3 Å². The second-order valence-electron chi connectivity index (χ2n) is 2.84. The summed E-state index contributed by atoms with van der Waals surface area (Å²) in [7, 11) is 0. The van der Waals surface area contributed by atoms with E-state index in [0.717, 1.165) is 0 Å². The number of hydrogen-bond acceptors (Lipinski definition) is 2. The smallest absolute Gasteiger partial charge is 0.241 e. The summed E-state index contributed by atoms with van der Waals surface area (Å²) in [5.74, 6) is -0.200. The average molecular weight is 253 g/mol. The summed E-state index contributed by atoms with van der Waals surface area (Å²) in [5.41, 5.74) is -0.650. The molecule has 0 saturated carbocycles. The maximum absolute atomic E-state index is 11.1. The number of carbonyl (C=O) groups is 2. The molecule has 0 spiro atoms. The number of amides is 1. The average Bonchev–Trinajstić information content (AvgIpc) is 1.95.